The Morgan fingerprint density at radius 3 is 2.59 bits per heavy atom. The van der Waals surface area contributed by atoms with E-state index in [0.717, 1.165) is 6.42 Å². The van der Waals surface area contributed by atoms with Crippen LogP contribution in [0.5, 0.6) is 0 Å². The summed E-state index contributed by atoms with van der Waals surface area (Å²) in [5.41, 5.74) is 3.95. The lowest BCUT2D eigenvalue weighted by molar-refractivity contribution is -0.0526. The molecule has 1 aromatic carbocycles. The van der Waals surface area contributed by atoms with E-state index in [4.69, 9.17) is 9.47 Å². The number of hydrogen-bond donors (Lipinski definition) is 1. The van der Waals surface area contributed by atoms with E-state index in [1.54, 1.807) is 0 Å². The van der Waals surface area contributed by atoms with Gasteiger partial charge >= 0.3 is 0 Å². The number of hydrogen-bond acceptors (Lipinski definition) is 3. The van der Waals surface area contributed by atoms with Crippen molar-refractivity contribution >= 4 is 0 Å². The zero-order valence-corrected chi connectivity index (χ0v) is 10.8. The topological polar surface area (TPSA) is 30.5 Å². The molecule has 3 nitrogen and oxygen atoms in total. The standard InChI is InChI=1S/C14H21NO2/c1-10-4-5-12(11(2)8-10)13(15-3)9-14-16-6-7-17-14/h4-5,8,13-15H,6-7,9H2,1-3H3. The predicted octanol–water partition coefficient (Wildman–Crippen LogP) is 2.33. The molecular weight excluding hydrogens is 214 g/mol. The van der Waals surface area contributed by atoms with Crippen LogP contribution < -0.4 is 5.32 Å². The summed E-state index contributed by atoms with van der Waals surface area (Å²) in [6, 6.07) is 6.86. The van der Waals surface area contributed by atoms with Crippen LogP contribution in [0.1, 0.15) is 29.2 Å². The van der Waals surface area contributed by atoms with Crippen LogP contribution >= 0.6 is 0 Å². The Bertz CT molecular complexity index is 372. The van der Waals surface area contributed by atoms with Gasteiger partial charge in [-0.15, -0.1) is 0 Å². The van der Waals surface area contributed by atoms with E-state index in [9.17, 15) is 0 Å². The second kappa shape index (κ2) is 5.63. The first-order valence-electron chi connectivity index (χ1n) is 6.18. The third-order valence-electron chi connectivity index (χ3n) is 3.27. The highest BCUT2D eigenvalue weighted by Crippen LogP contribution is 2.25. The summed E-state index contributed by atoms with van der Waals surface area (Å²) in [4.78, 5) is 0. The van der Waals surface area contributed by atoms with Crippen LogP contribution in [-0.2, 0) is 9.47 Å². The molecule has 1 aliphatic heterocycles. The van der Waals surface area contributed by atoms with Crippen LogP contribution in [0.4, 0.5) is 0 Å². The highest BCUT2D eigenvalue weighted by atomic mass is 16.7. The first-order valence-corrected chi connectivity index (χ1v) is 6.18. The number of nitrogens with one attached hydrogen (secondary N) is 1. The van der Waals surface area contributed by atoms with E-state index >= 15 is 0 Å². The number of rotatable bonds is 4. The molecule has 1 saturated heterocycles. The van der Waals surface area contributed by atoms with Crippen molar-refractivity contribution in [2.24, 2.45) is 0 Å². The Balaban J connectivity index is 2.10. The van der Waals surface area contributed by atoms with Gasteiger partial charge in [-0.3, -0.25) is 0 Å². The Morgan fingerprint density at radius 2 is 2.00 bits per heavy atom. The van der Waals surface area contributed by atoms with Gasteiger partial charge in [-0.25, -0.2) is 0 Å². The summed E-state index contributed by atoms with van der Waals surface area (Å²) in [5, 5.41) is 3.35. The maximum Gasteiger partial charge on any atom is 0.159 e. The second-order valence-electron chi connectivity index (χ2n) is 4.61. The molecule has 1 aliphatic rings. The molecule has 1 aromatic rings. The van der Waals surface area contributed by atoms with Gasteiger partial charge in [-0.2, -0.15) is 0 Å². The van der Waals surface area contributed by atoms with Crippen LogP contribution in [0.15, 0.2) is 18.2 Å². The van der Waals surface area contributed by atoms with Crippen LogP contribution in [0.3, 0.4) is 0 Å². The van der Waals surface area contributed by atoms with E-state index in [0.29, 0.717) is 19.3 Å². The maximum atomic E-state index is 5.51. The molecule has 0 radical (unpaired) electrons. The molecule has 1 N–H and O–H groups in total. The Kier molecular flexibility index (Phi) is 4.15. The van der Waals surface area contributed by atoms with E-state index < -0.39 is 0 Å². The zero-order valence-electron chi connectivity index (χ0n) is 10.8. The average Bonchev–Trinajstić information content (AvgIpc) is 2.79. The lowest BCUT2D eigenvalue weighted by atomic mass is 9.97. The van der Waals surface area contributed by atoms with Crippen molar-refractivity contribution in [3.8, 4) is 0 Å². The van der Waals surface area contributed by atoms with Crippen molar-refractivity contribution in [2.75, 3.05) is 20.3 Å². The van der Waals surface area contributed by atoms with Gasteiger partial charge < -0.3 is 14.8 Å². The second-order valence-corrected chi connectivity index (χ2v) is 4.61. The highest BCUT2D eigenvalue weighted by Gasteiger charge is 2.22. The maximum absolute atomic E-state index is 5.51. The molecule has 0 saturated carbocycles. The molecule has 17 heavy (non-hydrogen) atoms. The van der Waals surface area contributed by atoms with Crippen LogP contribution in [-0.4, -0.2) is 26.6 Å². The fourth-order valence-corrected chi connectivity index (χ4v) is 2.35. The number of benzene rings is 1. The van der Waals surface area contributed by atoms with E-state index in [1.807, 2.05) is 7.05 Å². The molecular formula is C14H21NO2. The summed E-state index contributed by atoms with van der Waals surface area (Å²) in [6.07, 6.45) is 0.800. The van der Waals surface area contributed by atoms with Gasteiger partial charge in [0.15, 0.2) is 6.29 Å². The smallest absolute Gasteiger partial charge is 0.159 e. The van der Waals surface area contributed by atoms with E-state index in [-0.39, 0.29) is 6.29 Å². The molecule has 1 atom stereocenters. The van der Waals surface area contributed by atoms with Crippen molar-refractivity contribution < 1.29 is 9.47 Å². The number of aryl methyl sites for hydroxylation is 2. The van der Waals surface area contributed by atoms with Gasteiger partial charge in [0.05, 0.1) is 13.2 Å². The molecule has 0 aliphatic carbocycles. The molecule has 0 spiro atoms. The number of ether oxygens (including phenoxy) is 2. The molecule has 0 bridgehead atoms. The van der Waals surface area contributed by atoms with Crippen molar-refractivity contribution in [3.05, 3.63) is 34.9 Å². The van der Waals surface area contributed by atoms with Gasteiger partial charge in [-0.1, -0.05) is 23.8 Å². The summed E-state index contributed by atoms with van der Waals surface area (Å²) in [7, 11) is 1.99. The van der Waals surface area contributed by atoms with Gasteiger partial charge in [-0.05, 0) is 32.0 Å². The third-order valence-corrected chi connectivity index (χ3v) is 3.27. The molecule has 94 valence electrons. The minimum absolute atomic E-state index is 0.0619. The fraction of sp³-hybridized carbons (Fsp3) is 0.571. The van der Waals surface area contributed by atoms with Crippen molar-refractivity contribution in [3.63, 3.8) is 0 Å². The molecule has 2 rings (SSSR count). The van der Waals surface area contributed by atoms with Crippen molar-refractivity contribution in [1.82, 2.24) is 5.32 Å². The molecule has 0 aromatic heterocycles. The molecule has 1 fully saturated rings. The molecule has 3 heteroatoms. The van der Waals surface area contributed by atoms with Gasteiger partial charge in [0.1, 0.15) is 0 Å². The van der Waals surface area contributed by atoms with Gasteiger partial charge in [0, 0.05) is 12.5 Å². The summed E-state index contributed by atoms with van der Waals surface area (Å²) in [6.45, 7) is 5.71. The fourth-order valence-electron chi connectivity index (χ4n) is 2.35. The van der Waals surface area contributed by atoms with E-state index in [1.165, 1.54) is 16.7 Å². The highest BCUT2D eigenvalue weighted by molar-refractivity contribution is 5.32. The van der Waals surface area contributed by atoms with Crippen LogP contribution in [0, 0.1) is 13.8 Å². The minimum atomic E-state index is -0.0619. The summed E-state index contributed by atoms with van der Waals surface area (Å²) in [5.74, 6) is 0. The third kappa shape index (κ3) is 3.06. The first-order chi connectivity index (χ1) is 8.20. The first kappa shape index (κ1) is 12.6. The monoisotopic (exact) mass is 235 g/mol. The zero-order chi connectivity index (χ0) is 12.3. The summed E-state index contributed by atoms with van der Waals surface area (Å²) < 4.78 is 11.0. The largest absolute Gasteiger partial charge is 0.350 e. The molecule has 0 amide bonds. The Hall–Kier alpha value is -0.900. The van der Waals surface area contributed by atoms with Crippen molar-refractivity contribution in [2.45, 2.75) is 32.6 Å². The quantitative estimate of drug-likeness (QED) is 0.869. The minimum Gasteiger partial charge on any atom is -0.350 e. The SMILES string of the molecule is CNC(CC1OCCO1)c1ccc(C)cc1C. The van der Waals surface area contributed by atoms with Crippen LogP contribution in [0.2, 0.25) is 0 Å². The van der Waals surface area contributed by atoms with Gasteiger partial charge in [0.25, 0.3) is 0 Å². The van der Waals surface area contributed by atoms with E-state index in [2.05, 4.69) is 37.4 Å². The Morgan fingerprint density at radius 1 is 1.29 bits per heavy atom. The summed E-state index contributed by atoms with van der Waals surface area (Å²) >= 11 is 0. The molecule has 1 unspecified atom stereocenters. The lowest BCUT2D eigenvalue weighted by Crippen LogP contribution is -2.23. The average molecular weight is 235 g/mol. The van der Waals surface area contributed by atoms with Crippen LogP contribution in [0.25, 0.3) is 0 Å². The predicted molar refractivity (Wildman–Crippen MR) is 68.0 cm³/mol. The van der Waals surface area contributed by atoms with Gasteiger partial charge in [0.2, 0.25) is 0 Å². The normalized spacial score (nSPS) is 18.5. The van der Waals surface area contributed by atoms with Crippen molar-refractivity contribution in [1.29, 1.82) is 0 Å². The molecule has 1 heterocycles. The lowest BCUT2D eigenvalue weighted by Gasteiger charge is -2.21. The Labute approximate surface area is 103 Å².